The number of furan rings is 1. The van der Waals surface area contributed by atoms with Crippen molar-refractivity contribution < 1.29 is 4.42 Å². The Morgan fingerprint density at radius 1 is 0.489 bits per heavy atom. The van der Waals surface area contributed by atoms with Gasteiger partial charge in [-0.3, -0.25) is 9.47 Å². The van der Waals surface area contributed by atoms with Crippen LogP contribution in [0.5, 0.6) is 0 Å². The van der Waals surface area contributed by atoms with E-state index in [9.17, 15) is 0 Å². The van der Waals surface area contributed by atoms with Gasteiger partial charge in [0.15, 0.2) is 0 Å². The maximum atomic E-state index is 6.08. The van der Waals surface area contributed by atoms with E-state index in [-0.39, 0.29) is 0 Å². The fraction of sp³-hybridized carbons (Fsp3) is 0. The highest BCUT2D eigenvalue weighted by Crippen LogP contribution is 2.48. The van der Waals surface area contributed by atoms with Crippen LogP contribution >= 0.6 is 0 Å². The smallest absolute Gasteiger partial charge is 0.220 e. The number of fused-ring (bicyclic) bond motifs is 11. The Labute approximate surface area is 259 Å². The lowest BCUT2D eigenvalue weighted by Crippen LogP contribution is -2.14. The minimum absolute atomic E-state index is 0.872. The standard InChI is InChI=1S/C41H25N3O/c1-2-10-28-25-38-33(23-27(28)9-1)31-11-3-6-14-36(31)43(41-42-35-13-5-7-15-37(35)44(38)41)30-20-17-26(18-21-30)29-19-22-40-34(24-29)32-12-4-8-16-39(32)45-40/h1-25H. The van der Waals surface area contributed by atoms with Gasteiger partial charge >= 0.3 is 0 Å². The molecule has 0 fully saturated rings. The monoisotopic (exact) mass is 575 g/mol. The lowest BCUT2D eigenvalue weighted by Gasteiger charge is -2.24. The first-order valence-corrected chi connectivity index (χ1v) is 15.2. The summed E-state index contributed by atoms with van der Waals surface area (Å²) in [6.45, 7) is 0. The molecule has 10 rings (SSSR count). The van der Waals surface area contributed by atoms with Crippen LogP contribution in [0.1, 0.15) is 0 Å². The Kier molecular flexibility index (Phi) is 4.96. The van der Waals surface area contributed by atoms with E-state index in [0.717, 1.165) is 67.1 Å². The lowest BCUT2D eigenvalue weighted by molar-refractivity contribution is 0.669. The van der Waals surface area contributed by atoms with Crippen molar-refractivity contribution in [3.63, 3.8) is 0 Å². The summed E-state index contributed by atoms with van der Waals surface area (Å²) >= 11 is 0. The molecule has 3 heterocycles. The number of para-hydroxylation sites is 4. The number of rotatable bonds is 2. The predicted octanol–water partition coefficient (Wildman–Crippen LogP) is 11.2. The maximum Gasteiger partial charge on any atom is 0.220 e. The summed E-state index contributed by atoms with van der Waals surface area (Å²) in [5.74, 6) is 0.872. The molecule has 2 aromatic heterocycles. The number of hydrogen-bond donors (Lipinski definition) is 0. The van der Waals surface area contributed by atoms with Gasteiger partial charge in [-0.2, -0.15) is 0 Å². The van der Waals surface area contributed by atoms with Crippen LogP contribution in [0, 0.1) is 0 Å². The highest BCUT2D eigenvalue weighted by molar-refractivity contribution is 6.06. The summed E-state index contributed by atoms with van der Waals surface area (Å²) in [5, 5.41) is 4.69. The van der Waals surface area contributed by atoms with Crippen LogP contribution < -0.4 is 4.90 Å². The van der Waals surface area contributed by atoms with Gasteiger partial charge in [0, 0.05) is 27.6 Å². The third kappa shape index (κ3) is 3.57. The van der Waals surface area contributed by atoms with Gasteiger partial charge < -0.3 is 4.42 Å². The van der Waals surface area contributed by atoms with Gasteiger partial charge in [-0.25, -0.2) is 4.98 Å². The van der Waals surface area contributed by atoms with Crippen molar-refractivity contribution in [2.75, 3.05) is 4.90 Å². The molecule has 0 unspecified atom stereocenters. The molecule has 1 aliphatic heterocycles. The van der Waals surface area contributed by atoms with Gasteiger partial charge in [0.25, 0.3) is 0 Å². The molecule has 0 spiro atoms. The molecule has 0 saturated carbocycles. The summed E-state index contributed by atoms with van der Waals surface area (Å²) in [7, 11) is 0. The van der Waals surface area contributed by atoms with Crippen LogP contribution in [0.2, 0.25) is 0 Å². The van der Waals surface area contributed by atoms with Crippen molar-refractivity contribution in [3.8, 4) is 27.9 Å². The number of anilines is 3. The van der Waals surface area contributed by atoms with Crippen molar-refractivity contribution in [2.24, 2.45) is 0 Å². The second-order valence-corrected chi connectivity index (χ2v) is 11.7. The molecule has 210 valence electrons. The normalized spacial score (nSPS) is 12.4. The summed E-state index contributed by atoms with van der Waals surface area (Å²) in [6.07, 6.45) is 0. The van der Waals surface area contributed by atoms with Crippen LogP contribution in [0.25, 0.3) is 71.7 Å². The first-order chi connectivity index (χ1) is 22.3. The van der Waals surface area contributed by atoms with E-state index in [1.54, 1.807) is 0 Å². The molecule has 0 aliphatic carbocycles. The fourth-order valence-electron chi connectivity index (χ4n) is 7.00. The molecular weight excluding hydrogens is 550 g/mol. The summed E-state index contributed by atoms with van der Waals surface area (Å²) < 4.78 is 8.40. The highest BCUT2D eigenvalue weighted by atomic mass is 16.3. The van der Waals surface area contributed by atoms with Gasteiger partial charge in [0.1, 0.15) is 11.2 Å². The average molecular weight is 576 g/mol. The lowest BCUT2D eigenvalue weighted by atomic mass is 9.97. The van der Waals surface area contributed by atoms with E-state index in [4.69, 9.17) is 9.40 Å². The predicted molar refractivity (Wildman–Crippen MR) is 185 cm³/mol. The summed E-state index contributed by atoms with van der Waals surface area (Å²) in [6, 6.07) is 53.8. The van der Waals surface area contributed by atoms with Crippen LogP contribution in [0.15, 0.2) is 156 Å². The van der Waals surface area contributed by atoms with Gasteiger partial charge in [-0.15, -0.1) is 0 Å². The maximum absolute atomic E-state index is 6.08. The van der Waals surface area contributed by atoms with Crippen LogP contribution in [-0.4, -0.2) is 9.55 Å². The van der Waals surface area contributed by atoms with Gasteiger partial charge in [0.05, 0.1) is 22.4 Å². The molecule has 0 radical (unpaired) electrons. The molecule has 45 heavy (non-hydrogen) atoms. The van der Waals surface area contributed by atoms with Crippen molar-refractivity contribution in [3.05, 3.63) is 152 Å². The number of benzene rings is 7. The highest BCUT2D eigenvalue weighted by Gasteiger charge is 2.29. The third-order valence-corrected chi connectivity index (χ3v) is 9.12. The molecule has 9 aromatic rings. The van der Waals surface area contributed by atoms with Crippen molar-refractivity contribution in [1.29, 1.82) is 0 Å². The zero-order chi connectivity index (χ0) is 29.5. The molecule has 0 atom stereocenters. The minimum atomic E-state index is 0.872. The SMILES string of the molecule is c1ccc2c(c1)-c1cc3ccccc3cc1-n1c(nc3ccccc31)N2c1ccc(-c2ccc3oc4ccccc4c3c2)cc1. The van der Waals surface area contributed by atoms with Crippen LogP contribution in [0.4, 0.5) is 17.3 Å². The summed E-state index contributed by atoms with van der Waals surface area (Å²) in [4.78, 5) is 7.57. The molecule has 4 nitrogen and oxygen atoms in total. The van der Waals surface area contributed by atoms with E-state index in [1.807, 2.05) is 12.1 Å². The van der Waals surface area contributed by atoms with Crippen LogP contribution in [0.3, 0.4) is 0 Å². The van der Waals surface area contributed by atoms with Gasteiger partial charge in [-0.05, 0) is 82.6 Å². The van der Waals surface area contributed by atoms with E-state index >= 15 is 0 Å². The zero-order valence-electron chi connectivity index (χ0n) is 24.2. The molecule has 1 aliphatic rings. The van der Waals surface area contributed by atoms with Crippen molar-refractivity contribution in [1.82, 2.24) is 9.55 Å². The largest absolute Gasteiger partial charge is 0.456 e. The summed E-state index contributed by atoms with van der Waals surface area (Å²) in [5.41, 5.74) is 11.8. The van der Waals surface area contributed by atoms with Crippen molar-refractivity contribution in [2.45, 2.75) is 0 Å². The molecule has 0 saturated heterocycles. The molecule has 7 aromatic carbocycles. The number of imidazole rings is 1. The Balaban J connectivity index is 1.19. The molecule has 0 bridgehead atoms. The Hall–Kier alpha value is -6.13. The van der Waals surface area contributed by atoms with E-state index in [1.165, 1.54) is 21.9 Å². The minimum Gasteiger partial charge on any atom is -0.456 e. The Bertz CT molecular complexity index is 2610. The second kappa shape index (κ2) is 9.18. The molecule has 4 heteroatoms. The van der Waals surface area contributed by atoms with Crippen LogP contribution in [-0.2, 0) is 0 Å². The van der Waals surface area contributed by atoms with Crippen molar-refractivity contribution >= 4 is 61.1 Å². The molecule has 0 N–H and O–H groups in total. The van der Waals surface area contributed by atoms with E-state index < -0.39 is 0 Å². The zero-order valence-corrected chi connectivity index (χ0v) is 24.2. The average Bonchev–Trinajstić information content (AvgIpc) is 3.63. The quantitative estimate of drug-likeness (QED) is 0.206. The Morgan fingerprint density at radius 3 is 2.11 bits per heavy atom. The molecular formula is C41H25N3O. The number of nitrogens with zero attached hydrogens (tertiary/aromatic N) is 3. The fourth-order valence-corrected chi connectivity index (χ4v) is 7.00. The van der Waals surface area contributed by atoms with Gasteiger partial charge in [0.2, 0.25) is 5.95 Å². The topological polar surface area (TPSA) is 34.2 Å². The second-order valence-electron chi connectivity index (χ2n) is 11.7. The van der Waals surface area contributed by atoms with E-state index in [2.05, 4.69) is 149 Å². The number of aromatic nitrogens is 2. The Morgan fingerprint density at radius 2 is 1.20 bits per heavy atom. The van der Waals surface area contributed by atoms with E-state index in [0.29, 0.717) is 0 Å². The first kappa shape index (κ1) is 24.3. The first-order valence-electron chi connectivity index (χ1n) is 15.2. The third-order valence-electron chi connectivity index (χ3n) is 9.12. The van der Waals surface area contributed by atoms with Gasteiger partial charge in [-0.1, -0.05) is 91.0 Å². The molecule has 0 amide bonds. The number of hydrogen-bond acceptors (Lipinski definition) is 3.